The van der Waals surface area contributed by atoms with E-state index < -0.39 is 0 Å². The molecule has 0 heterocycles. The lowest BCUT2D eigenvalue weighted by molar-refractivity contribution is 0.597. The minimum atomic E-state index is -0.226. The smallest absolute Gasteiger partial charge is 0.137 e. The van der Waals surface area contributed by atoms with Crippen molar-refractivity contribution in [1.29, 1.82) is 0 Å². The molecule has 0 aromatic heterocycles. The van der Waals surface area contributed by atoms with Crippen molar-refractivity contribution in [3.05, 3.63) is 68.9 Å². The predicted octanol–water partition coefficient (Wildman–Crippen LogP) is 4.90. The molecule has 2 aromatic rings. The van der Waals surface area contributed by atoms with Crippen LogP contribution < -0.4 is 5.32 Å². The van der Waals surface area contributed by atoms with Crippen LogP contribution >= 0.6 is 15.9 Å². The van der Waals surface area contributed by atoms with Gasteiger partial charge in [-0.3, -0.25) is 0 Å². The molecular formula is C17H19BrFN. The van der Waals surface area contributed by atoms with Crippen molar-refractivity contribution in [2.75, 3.05) is 6.54 Å². The lowest BCUT2D eigenvalue weighted by Gasteiger charge is -2.22. The number of halogens is 2. The first-order valence-corrected chi connectivity index (χ1v) is 7.58. The van der Waals surface area contributed by atoms with Crippen molar-refractivity contribution < 1.29 is 4.39 Å². The summed E-state index contributed by atoms with van der Waals surface area (Å²) in [5.41, 5.74) is 4.65. The first kappa shape index (κ1) is 15.2. The third-order valence-corrected chi connectivity index (χ3v) is 4.29. The average Bonchev–Trinajstić information content (AvgIpc) is 2.43. The van der Waals surface area contributed by atoms with Gasteiger partial charge in [0, 0.05) is 0 Å². The van der Waals surface area contributed by atoms with Crippen molar-refractivity contribution in [2.24, 2.45) is 0 Å². The number of rotatable bonds is 4. The van der Waals surface area contributed by atoms with Crippen LogP contribution in [0.25, 0.3) is 0 Å². The third-order valence-electron chi connectivity index (χ3n) is 3.64. The number of hydrogen-bond acceptors (Lipinski definition) is 1. The molecule has 0 aliphatic heterocycles. The average molecular weight is 336 g/mol. The van der Waals surface area contributed by atoms with Crippen LogP contribution in [0, 0.1) is 19.7 Å². The van der Waals surface area contributed by atoms with Crippen molar-refractivity contribution in [3.8, 4) is 0 Å². The SMILES string of the molecule is CCNC(c1ccc(Br)c(F)c1)c1cccc(C)c1C. The van der Waals surface area contributed by atoms with Gasteiger partial charge in [-0.05, 0) is 70.7 Å². The fourth-order valence-electron chi connectivity index (χ4n) is 2.39. The van der Waals surface area contributed by atoms with Crippen LogP contribution in [0.4, 0.5) is 4.39 Å². The molecule has 0 bridgehead atoms. The molecule has 0 saturated heterocycles. The highest BCUT2D eigenvalue weighted by Gasteiger charge is 2.17. The van der Waals surface area contributed by atoms with Crippen LogP contribution in [0.15, 0.2) is 40.9 Å². The standard InChI is InChI=1S/C17H19BrFN/c1-4-20-17(13-8-9-15(18)16(19)10-13)14-7-5-6-11(2)12(14)3/h5-10,17,20H,4H2,1-3H3. The fraction of sp³-hybridized carbons (Fsp3) is 0.294. The first-order valence-electron chi connectivity index (χ1n) is 6.79. The maximum atomic E-state index is 13.8. The highest BCUT2D eigenvalue weighted by atomic mass is 79.9. The Labute approximate surface area is 128 Å². The lowest BCUT2D eigenvalue weighted by Crippen LogP contribution is -2.23. The Kier molecular flexibility index (Phi) is 4.95. The molecule has 0 aliphatic rings. The quantitative estimate of drug-likeness (QED) is 0.837. The molecule has 1 N–H and O–H groups in total. The summed E-state index contributed by atoms with van der Waals surface area (Å²) in [6.07, 6.45) is 0. The van der Waals surface area contributed by atoms with Crippen molar-refractivity contribution in [1.82, 2.24) is 5.32 Å². The van der Waals surface area contributed by atoms with E-state index in [1.54, 1.807) is 12.1 Å². The van der Waals surface area contributed by atoms with Gasteiger partial charge in [0.15, 0.2) is 0 Å². The Hall–Kier alpha value is -1.19. The summed E-state index contributed by atoms with van der Waals surface area (Å²) in [5, 5.41) is 3.45. The van der Waals surface area contributed by atoms with Crippen LogP contribution in [0.1, 0.15) is 35.2 Å². The molecule has 106 valence electrons. The highest BCUT2D eigenvalue weighted by Crippen LogP contribution is 2.28. The van der Waals surface area contributed by atoms with E-state index in [4.69, 9.17) is 0 Å². The second-order valence-electron chi connectivity index (χ2n) is 4.95. The van der Waals surface area contributed by atoms with Gasteiger partial charge in [0.05, 0.1) is 10.5 Å². The largest absolute Gasteiger partial charge is 0.307 e. The van der Waals surface area contributed by atoms with E-state index in [9.17, 15) is 4.39 Å². The molecule has 0 amide bonds. The van der Waals surface area contributed by atoms with Crippen LogP contribution in [-0.4, -0.2) is 6.54 Å². The second-order valence-corrected chi connectivity index (χ2v) is 5.81. The minimum absolute atomic E-state index is 0.0162. The molecule has 0 spiro atoms. The summed E-state index contributed by atoms with van der Waals surface area (Å²) in [4.78, 5) is 0. The summed E-state index contributed by atoms with van der Waals surface area (Å²) in [7, 11) is 0. The summed E-state index contributed by atoms with van der Waals surface area (Å²) in [6, 6.07) is 11.6. The van der Waals surface area contributed by atoms with E-state index in [0.29, 0.717) is 4.47 Å². The van der Waals surface area contributed by atoms with Crippen molar-refractivity contribution in [3.63, 3.8) is 0 Å². The number of benzene rings is 2. The summed E-state index contributed by atoms with van der Waals surface area (Å²) < 4.78 is 14.3. The van der Waals surface area contributed by atoms with Gasteiger partial charge in [-0.2, -0.15) is 0 Å². The third kappa shape index (κ3) is 3.10. The Morgan fingerprint density at radius 3 is 2.60 bits per heavy atom. The highest BCUT2D eigenvalue weighted by molar-refractivity contribution is 9.10. The Bertz CT molecular complexity index is 610. The molecule has 1 unspecified atom stereocenters. The topological polar surface area (TPSA) is 12.0 Å². The van der Waals surface area contributed by atoms with E-state index in [2.05, 4.69) is 60.2 Å². The van der Waals surface area contributed by atoms with Crippen LogP contribution in [0.3, 0.4) is 0 Å². The van der Waals surface area contributed by atoms with Crippen LogP contribution in [0.2, 0.25) is 0 Å². The van der Waals surface area contributed by atoms with E-state index in [1.807, 2.05) is 6.07 Å². The van der Waals surface area contributed by atoms with Crippen molar-refractivity contribution in [2.45, 2.75) is 26.8 Å². The summed E-state index contributed by atoms with van der Waals surface area (Å²) in [6.45, 7) is 7.11. The molecule has 0 aliphatic carbocycles. The zero-order valence-corrected chi connectivity index (χ0v) is 13.6. The van der Waals surface area contributed by atoms with Gasteiger partial charge in [0.1, 0.15) is 5.82 Å². The molecule has 1 nitrogen and oxygen atoms in total. The van der Waals surface area contributed by atoms with Crippen LogP contribution in [0.5, 0.6) is 0 Å². The zero-order chi connectivity index (χ0) is 14.7. The predicted molar refractivity (Wildman–Crippen MR) is 85.5 cm³/mol. The molecular weight excluding hydrogens is 317 g/mol. The monoisotopic (exact) mass is 335 g/mol. The van der Waals surface area contributed by atoms with E-state index >= 15 is 0 Å². The number of nitrogens with one attached hydrogen (secondary N) is 1. The second kappa shape index (κ2) is 6.51. The maximum Gasteiger partial charge on any atom is 0.137 e. The summed E-state index contributed by atoms with van der Waals surface area (Å²) in [5.74, 6) is -0.226. The van der Waals surface area contributed by atoms with Gasteiger partial charge < -0.3 is 5.32 Å². The van der Waals surface area contributed by atoms with E-state index in [0.717, 1.165) is 12.1 Å². The summed E-state index contributed by atoms with van der Waals surface area (Å²) >= 11 is 3.20. The van der Waals surface area contributed by atoms with Gasteiger partial charge in [-0.15, -0.1) is 0 Å². The fourth-order valence-corrected chi connectivity index (χ4v) is 2.64. The van der Waals surface area contributed by atoms with Gasteiger partial charge in [-0.1, -0.05) is 31.2 Å². The Morgan fingerprint density at radius 1 is 1.20 bits per heavy atom. The van der Waals surface area contributed by atoms with E-state index in [1.165, 1.54) is 16.7 Å². The minimum Gasteiger partial charge on any atom is -0.307 e. The van der Waals surface area contributed by atoms with Gasteiger partial charge in [0.25, 0.3) is 0 Å². The molecule has 2 rings (SSSR count). The molecule has 2 aromatic carbocycles. The van der Waals surface area contributed by atoms with Crippen molar-refractivity contribution >= 4 is 15.9 Å². The maximum absolute atomic E-state index is 13.8. The zero-order valence-electron chi connectivity index (χ0n) is 12.0. The number of hydrogen-bond donors (Lipinski definition) is 1. The first-order chi connectivity index (χ1) is 9.54. The van der Waals surface area contributed by atoms with Gasteiger partial charge in [0.2, 0.25) is 0 Å². The van der Waals surface area contributed by atoms with Gasteiger partial charge >= 0.3 is 0 Å². The van der Waals surface area contributed by atoms with Crippen LogP contribution in [-0.2, 0) is 0 Å². The van der Waals surface area contributed by atoms with E-state index in [-0.39, 0.29) is 11.9 Å². The van der Waals surface area contributed by atoms with Gasteiger partial charge in [-0.25, -0.2) is 4.39 Å². The Morgan fingerprint density at radius 2 is 1.95 bits per heavy atom. The molecule has 1 atom stereocenters. The molecule has 0 radical (unpaired) electrons. The lowest BCUT2D eigenvalue weighted by atomic mass is 9.92. The molecule has 0 saturated carbocycles. The number of aryl methyl sites for hydroxylation is 1. The normalized spacial score (nSPS) is 12.4. The molecule has 3 heteroatoms. The molecule has 0 fully saturated rings. The molecule has 20 heavy (non-hydrogen) atoms. The Balaban J connectivity index is 2.50.